The summed E-state index contributed by atoms with van der Waals surface area (Å²) in [5, 5.41) is 0. The van der Waals surface area contributed by atoms with Crippen LogP contribution in [0.15, 0.2) is 11.6 Å². The molecule has 0 aromatic rings. The molecule has 0 aromatic carbocycles. The monoisotopic (exact) mass is 182 g/mol. The largest absolute Gasteiger partial charge is 0.465 e. The molecule has 0 N–H and O–H groups in total. The molecule has 0 saturated carbocycles. The van der Waals surface area contributed by atoms with Gasteiger partial charge >= 0.3 is 5.97 Å². The second kappa shape index (κ2) is 3.32. The molecule has 3 heteroatoms. The summed E-state index contributed by atoms with van der Waals surface area (Å²) < 4.78 is 4.92. The quantitative estimate of drug-likeness (QED) is 0.607. The van der Waals surface area contributed by atoms with Crippen LogP contribution in [0, 0.1) is 5.41 Å². The molecule has 1 aliphatic rings. The van der Waals surface area contributed by atoms with Crippen molar-refractivity contribution in [1.82, 2.24) is 0 Å². The van der Waals surface area contributed by atoms with E-state index in [2.05, 4.69) is 0 Å². The first-order chi connectivity index (χ1) is 5.94. The van der Waals surface area contributed by atoms with Gasteiger partial charge in [0.1, 0.15) is 6.61 Å². The van der Waals surface area contributed by atoms with Crippen molar-refractivity contribution >= 4 is 11.8 Å². The number of allylic oxidation sites excluding steroid dienone is 1. The van der Waals surface area contributed by atoms with Crippen molar-refractivity contribution in [2.24, 2.45) is 5.41 Å². The summed E-state index contributed by atoms with van der Waals surface area (Å²) in [6, 6.07) is 0. The summed E-state index contributed by atoms with van der Waals surface area (Å²) >= 11 is 0. The number of ether oxygens (including phenoxy) is 1. The molecule has 0 aliphatic heterocycles. The third kappa shape index (κ3) is 2.17. The lowest BCUT2D eigenvalue weighted by Gasteiger charge is -2.24. The van der Waals surface area contributed by atoms with Gasteiger partial charge in [-0.1, -0.05) is 12.5 Å². The molecule has 0 bridgehead atoms. The van der Waals surface area contributed by atoms with Crippen molar-refractivity contribution < 1.29 is 14.3 Å². The Bertz CT molecular complexity index is 278. The highest BCUT2D eigenvalue weighted by Gasteiger charge is 2.35. The van der Waals surface area contributed by atoms with Gasteiger partial charge in [0.25, 0.3) is 0 Å². The van der Waals surface area contributed by atoms with E-state index >= 15 is 0 Å². The van der Waals surface area contributed by atoms with Gasteiger partial charge < -0.3 is 4.74 Å². The SMILES string of the molecule is CC(=O)OCC1(C)CC(=O)C=C1C. The second-order valence-electron chi connectivity index (χ2n) is 3.81. The van der Waals surface area contributed by atoms with E-state index in [-0.39, 0.29) is 17.2 Å². The van der Waals surface area contributed by atoms with E-state index in [4.69, 9.17) is 4.74 Å². The Morgan fingerprint density at radius 3 is 2.69 bits per heavy atom. The summed E-state index contributed by atoms with van der Waals surface area (Å²) in [6.45, 7) is 5.51. The number of esters is 1. The van der Waals surface area contributed by atoms with Gasteiger partial charge in [-0.25, -0.2) is 0 Å². The molecule has 0 radical (unpaired) electrons. The van der Waals surface area contributed by atoms with Crippen LogP contribution in [-0.4, -0.2) is 18.4 Å². The van der Waals surface area contributed by atoms with Crippen LogP contribution in [0.4, 0.5) is 0 Å². The number of ketones is 1. The van der Waals surface area contributed by atoms with Gasteiger partial charge in [-0.2, -0.15) is 0 Å². The van der Waals surface area contributed by atoms with E-state index in [1.54, 1.807) is 6.08 Å². The van der Waals surface area contributed by atoms with Crippen molar-refractivity contribution in [3.05, 3.63) is 11.6 Å². The predicted octanol–water partition coefficient (Wildman–Crippen LogP) is 1.47. The fourth-order valence-corrected chi connectivity index (χ4v) is 1.42. The third-order valence-electron chi connectivity index (χ3n) is 2.49. The summed E-state index contributed by atoms with van der Waals surface area (Å²) in [5.74, 6) is -0.180. The average molecular weight is 182 g/mol. The molecule has 0 saturated heterocycles. The Kier molecular flexibility index (Phi) is 2.55. The van der Waals surface area contributed by atoms with Crippen LogP contribution >= 0.6 is 0 Å². The molecular formula is C10H14O3. The van der Waals surface area contributed by atoms with Crippen LogP contribution in [-0.2, 0) is 14.3 Å². The van der Waals surface area contributed by atoms with Crippen LogP contribution < -0.4 is 0 Å². The van der Waals surface area contributed by atoms with E-state index in [0.29, 0.717) is 13.0 Å². The molecule has 0 fully saturated rings. The number of carbonyl (C=O) groups is 2. The molecule has 0 amide bonds. The zero-order chi connectivity index (χ0) is 10.1. The molecule has 1 aliphatic carbocycles. The van der Waals surface area contributed by atoms with Crippen molar-refractivity contribution in [3.63, 3.8) is 0 Å². The molecule has 1 rings (SSSR count). The van der Waals surface area contributed by atoms with Gasteiger partial charge in [-0.05, 0) is 13.0 Å². The van der Waals surface area contributed by atoms with Crippen molar-refractivity contribution in [2.45, 2.75) is 27.2 Å². The van der Waals surface area contributed by atoms with Gasteiger partial charge in [-0.3, -0.25) is 9.59 Å². The van der Waals surface area contributed by atoms with Gasteiger partial charge in [-0.15, -0.1) is 0 Å². The van der Waals surface area contributed by atoms with E-state index in [9.17, 15) is 9.59 Å². The summed E-state index contributed by atoms with van der Waals surface area (Å²) in [7, 11) is 0. The fraction of sp³-hybridized carbons (Fsp3) is 0.600. The lowest BCUT2D eigenvalue weighted by atomic mass is 9.85. The Hall–Kier alpha value is -1.12. The number of hydrogen-bond acceptors (Lipinski definition) is 3. The molecule has 0 spiro atoms. The third-order valence-corrected chi connectivity index (χ3v) is 2.49. The van der Waals surface area contributed by atoms with Crippen molar-refractivity contribution in [3.8, 4) is 0 Å². The highest BCUT2D eigenvalue weighted by Crippen LogP contribution is 2.36. The second-order valence-corrected chi connectivity index (χ2v) is 3.81. The van der Waals surface area contributed by atoms with E-state index < -0.39 is 0 Å². The van der Waals surface area contributed by atoms with Crippen LogP contribution in [0.5, 0.6) is 0 Å². The van der Waals surface area contributed by atoms with Crippen molar-refractivity contribution in [1.29, 1.82) is 0 Å². The first kappa shape index (κ1) is 9.96. The number of carbonyl (C=O) groups excluding carboxylic acids is 2. The minimum atomic E-state index is -0.298. The lowest BCUT2D eigenvalue weighted by molar-refractivity contribution is -0.144. The Morgan fingerprint density at radius 1 is 1.69 bits per heavy atom. The minimum Gasteiger partial charge on any atom is -0.465 e. The molecule has 72 valence electrons. The number of hydrogen-bond donors (Lipinski definition) is 0. The summed E-state index contributed by atoms with van der Waals surface area (Å²) in [4.78, 5) is 21.7. The first-order valence-electron chi connectivity index (χ1n) is 4.29. The minimum absolute atomic E-state index is 0.118. The molecule has 0 heterocycles. The van der Waals surface area contributed by atoms with Crippen LogP contribution in [0.1, 0.15) is 27.2 Å². The Balaban J connectivity index is 2.63. The predicted molar refractivity (Wildman–Crippen MR) is 48.1 cm³/mol. The normalized spacial score (nSPS) is 27.3. The van der Waals surface area contributed by atoms with Gasteiger partial charge in [0.15, 0.2) is 5.78 Å². The maximum atomic E-state index is 11.1. The van der Waals surface area contributed by atoms with Crippen molar-refractivity contribution in [2.75, 3.05) is 6.61 Å². The Labute approximate surface area is 77.8 Å². The van der Waals surface area contributed by atoms with Crippen LogP contribution in [0.2, 0.25) is 0 Å². The fourth-order valence-electron chi connectivity index (χ4n) is 1.42. The summed E-state index contributed by atoms with van der Waals surface area (Å²) in [6.07, 6.45) is 2.08. The van der Waals surface area contributed by atoms with Gasteiger partial charge in [0.2, 0.25) is 0 Å². The van der Waals surface area contributed by atoms with E-state index in [1.165, 1.54) is 6.92 Å². The van der Waals surface area contributed by atoms with E-state index in [0.717, 1.165) is 5.57 Å². The maximum absolute atomic E-state index is 11.1. The summed E-state index contributed by atoms with van der Waals surface area (Å²) in [5.41, 5.74) is 0.724. The maximum Gasteiger partial charge on any atom is 0.302 e. The molecule has 3 nitrogen and oxygen atoms in total. The van der Waals surface area contributed by atoms with Crippen LogP contribution in [0.25, 0.3) is 0 Å². The smallest absolute Gasteiger partial charge is 0.302 e. The Morgan fingerprint density at radius 2 is 2.31 bits per heavy atom. The molecule has 1 unspecified atom stereocenters. The molecular weight excluding hydrogens is 168 g/mol. The lowest BCUT2D eigenvalue weighted by Crippen LogP contribution is -2.24. The zero-order valence-corrected chi connectivity index (χ0v) is 8.22. The zero-order valence-electron chi connectivity index (χ0n) is 8.22. The van der Waals surface area contributed by atoms with Gasteiger partial charge in [0, 0.05) is 18.8 Å². The molecule has 0 aromatic heterocycles. The van der Waals surface area contributed by atoms with Gasteiger partial charge in [0.05, 0.1) is 0 Å². The molecule has 1 atom stereocenters. The van der Waals surface area contributed by atoms with E-state index in [1.807, 2.05) is 13.8 Å². The van der Waals surface area contributed by atoms with Crippen LogP contribution in [0.3, 0.4) is 0 Å². The highest BCUT2D eigenvalue weighted by atomic mass is 16.5. The standard InChI is InChI=1S/C10H14O3/c1-7-4-9(12)5-10(7,3)6-13-8(2)11/h4H,5-6H2,1-3H3. The highest BCUT2D eigenvalue weighted by molar-refractivity contribution is 5.94. The first-order valence-corrected chi connectivity index (χ1v) is 4.29. The topological polar surface area (TPSA) is 43.4 Å². The average Bonchev–Trinajstić information content (AvgIpc) is 2.23. The number of rotatable bonds is 2. The molecule has 13 heavy (non-hydrogen) atoms.